The van der Waals surface area contributed by atoms with Crippen LogP contribution in [0.5, 0.6) is 0 Å². The van der Waals surface area contributed by atoms with Gasteiger partial charge in [0, 0.05) is 52.3 Å². The lowest BCUT2D eigenvalue weighted by Crippen LogP contribution is -2.43. The van der Waals surface area contributed by atoms with Gasteiger partial charge in [-0.3, -0.25) is 9.89 Å². The molecule has 0 aromatic carbocycles. The van der Waals surface area contributed by atoms with Gasteiger partial charge >= 0.3 is 0 Å². The van der Waals surface area contributed by atoms with Crippen molar-refractivity contribution < 1.29 is 9.47 Å². The van der Waals surface area contributed by atoms with E-state index in [0.29, 0.717) is 19.1 Å². The Kier molecular flexibility index (Phi) is 8.12. The highest BCUT2D eigenvalue weighted by molar-refractivity contribution is 5.80. The highest BCUT2D eigenvalue weighted by atomic mass is 16.5. The fourth-order valence-electron chi connectivity index (χ4n) is 3.24. The smallest absolute Gasteiger partial charge is 0.193 e. The number of nitrogens with one attached hydrogen (secondary N) is 1. The number of guanidine groups is 1. The second kappa shape index (κ2) is 10.1. The molecule has 1 heterocycles. The maximum Gasteiger partial charge on any atom is 0.193 e. The van der Waals surface area contributed by atoms with E-state index in [9.17, 15) is 0 Å². The zero-order chi connectivity index (χ0) is 16.5. The summed E-state index contributed by atoms with van der Waals surface area (Å²) in [6, 6.07) is 0.837. The topological polar surface area (TPSA) is 49.3 Å². The molecule has 1 aliphatic carbocycles. The minimum Gasteiger partial charge on any atom is -0.382 e. The first-order valence-corrected chi connectivity index (χ1v) is 9.04. The van der Waals surface area contributed by atoms with Crippen LogP contribution in [0.1, 0.15) is 26.2 Å². The van der Waals surface area contributed by atoms with E-state index in [1.54, 1.807) is 7.11 Å². The van der Waals surface area contributed by atoms with Crippen LogP contribution in [0.3, 0.4) is 0 Å². The maximum absolute atomic E-state index is 5.66. The van der Waals surface area contributed by atoms with Crippen LogP contribution in [0.25, 0.3) is 0 Å². The van der Waals surface area contributed by atoms with Crippen molar-refractivity contribution in [3.05, 3.63) is 0 Å². The van der Waals surface area contributed by atoms with Gasteiger partial charge in [-0.05, 0) is 25.8 Å². The number of nitrogens with zero attached hydrogens (tertiary/aromatic N) is 3. The summed E-state index contributed by atoms with van der Waals surface area (Å²) in [4.78, 5) is 9.37. The van der Waals surface area contributed by atoms with Gasteiger partial charge in [0.05, 0.1) is 19.8 Å². The van der Waals surface area contributed by atoms with Crippen LogP contribution in [-0.2, 0) is 9.47 Å². The second-order valence-electron chi connectivity index (χ2n) is 6.50. The van der Waals surface area contributed by atoms with Gasteiger partial charge in [-0.25, -0.2) is 0 Å². The van der Waals surface area contributed by atoms with Crippen molar-refractivity contribution in [3.63, 3.8) is 0 Å². The molecule has 1 aliphatic heterocycles. The summed E-state index contributed by atoms with van der Waals surface area (Å²) in [5.74, 6) is 1.64. The summed E-state index contributed by atoms with van der Waals surface area (Å²) in [5, 5.41) is 3.53. The Balaban J connectivity index is 1.63. The molecule has 0 radical (unpaired) electrons. The Labute approximate surface area is 141 Å². The number of ether oxygens (including phenoxy) is 2. The Morgan fingerprint density at radius 3 is 2.78 bits per heavy atom. The number of methoxy groups -OCH3 is 1. The molecule has 0 amide bonds. The van der Waals surface area contributed by atoms with Crippen LogP contribution in [0.15, 0.2) is 4.99 Å². The maximum atomic E-state index is 5.66. The first kappa shape index (κ1) is 18.5. The largest absolute Gasteiger partial charge is 0.382 e. The zero-order valence-corrected chi connectivity index (χ0v) is 15.1. The molecule has 1 atom stereocenters. The van der Waals surface area contributed by atoms with E-state index in [-0.39, 0.29) is 0 Å². The Hall–Kier alpha value is -0.850. The second-order valence-corrected chi connectivity index (χ2v) is 6.50. The van der Waals surface area contributed by atoms with Crippen molar-refractivity contribution in [1.82, 2.24) is 15.1 Å². The minimum atomic E-state index is 0.601. The summed E-state index contributed by atoms with van der Waals surface area (Å²) >= 11 is 0. The minimum absolute atomic E-state index is 0.601. The van der Waals surface area contributed by atoms with Crippen LogP contribution in [0.4, 0.5) is 0 Å². The molecule has 6 nitrogen and oxygen atoms in total. The monoisotopic (exact) mass is 326 g/mol. The molecule has 1 saturated heterocycles. The van der Waals surface area contributed by atoms with Gasteiger partial charge in [0.2, 0.25) is 0 Å². The Morgan fingerprint density at radius 2 is 2.13 bits per heavy atom. The summed E-state index contributed by atoms with van der Waals surface area (Å²) < 4.78 is 10.7. The fourth-order valence-corrected chi connectivity index (χ4v) is 3.24. The standard InChI is InChI=1S/C17H34N4O2/c1-4-20(16-5-6-16)10-8-19-17(18-2)21-9-7-15(13-21)14-23-12-11-22-3/h15-16H,4-14H2,1-3H3,(H,18,19). The van der Waals surface area contributed by atoms with Crippen LogP contribution in [-0.4, -0.2) is 88.5 Å². The predicted octanol–water partition coefficient (Wildman–Crippen LogP) is 1.03. The molecule has 2 aliphatic rings. The molecule has 134 valence electrons. The predicted molar refractivity (Wildman–Crippen MR) is 94.0 cm³/mol. The highest BCUT2D eigenvalue weighted by Gasteiger charge is 2.28. The van der Waals surface area contributed by atoms with E-state index in [2.05, 4.69) is 27.0 Å². The molecule has 1 saturated carbocycles. The molecule has 1 N–H and O–H groups in total. The van der Waals surface area contributed by atoms with Gasteiger partial charge in [-0.2, -0.15) is 0 Å². The highest BCUT2D eigenvalue weighted by Crippen LogP contribution is 2.25. The fraction of sp³-hybridized carbons (Fsp3) is 0.941. The third-order valence-corrected chi connectivity index (χ3v) is 4.73. The van der Waals surface area contributed by atoms with Gasteiger partial charge in [0.25, 0.3) is 0 Å². The molecular weight excluding hydrogens is 292 g/mol. The number of rotatable bonds is 10. The Bertz CT molecular complexity index is 361. The number of likely N-dealkylation sites (N-methyl/N-ethyl adjacent to an activating group) is 1. The lowest BCUT2D eigenvalue weighted by atomic mass is 10.1. The molecule has 0 aromatic rings. The number of likely N-dealkylation sites (tertiary alicyclic amines) is 1. The quantitative estimate of drug-likeness (QED) is 0.369. The number of aliphatic imine (C=N–C) groups is 1. The first-order valence-electron chi connectivity index (χ1n) is 9.04. The summed E-state index contributed by atoms with van der Waals surface area (Å²) in [5.41, 5.74) is 0. The molecule has 1 unspecified atom stereocenters. The zero-order valence-electron chi connectivity index (χ0n) is 15.1. The van der Waals surface area contributed by atoms with Crippen molar-refractivity contribution >= 4 is 5.96 Å². The van der Waals surface area contributed by atoms with E-state index in [1.165, 1.54) is 19.3 Å². The van der Waals surface area contributed by atoms with Gasteiger partial charge in [0.1, 0.15) is 0 Å². The van der Waals surface area contributed by atoms with E-state index < -0.39 is 0 Å². The van der Waals surface area contributed by atoms with E-state index in [4.69, 9.17) is 9.47 Å². The summed E-state index contributed by atoms with van der Waals surface area (Å²) in [7, 11) is 3.59. The van der Waals surface area contributed by atoms with Crippen LogP contribution < -0.4 is 5.32 Å². The van der Waals surface area contributed by atoms with Gasteiger partial charge < -0.3 is 19.7 Å². The van der Waals surface area contributed by atoms with Crippen LogP contribution >= 0.6 is 0 Å². The number of hydrogen-bond donors (Lipinski definition) is 1. The van der Waals surface area contributed by atoms with Gasteiger partial charge in [-0.15, -0.1) is 0 Å². The molecule has 0 aromatic heterocycles. The van der Waals surface area contributed by atoms with Crippen LogP contribution in [0.2, 0.25) is 0 Å². The van der Waals surface area contributed by atoms with E-state index in [1.807, 2.05) is 7.05 Å². The van der Waals surface area contributed by atoms with Gasteiger partial charge in [-0.1, -0.05) is 6.92 Å². The lowest BCUT2D eigenvalue weighted by molar-refractivity contribution is 0.0536. The van der Waals surface area contributed by atoms with Crippen molar-refractivity contribution in [1.29, 1.82) is 0 Å². The van der Waals surface area contributed by atoms with Crippen molar-refractivity contribution in [2.75, 3.05) is 66.7 Å². The van der Waals surface area contributed by atoms with Crippen molar-refractivity contribution in [2.24, 2.45) is 10.9 Å². The number of hydrogen-bond acceptors (Lipinski definition) is 4. The third-order valence-electron chi connectivity index (χ3n) is 4.73. The third kappa shape index (κ3) is 6.28. The van der Waals surface area contributed by atoms with Crippen LogP contribution in [0, 0.1) is 5.92 Å². The molecule has 2 rings (SSSR count). The van der Waals surface area contributed by atoms with E-state index in [0.717, 1.165) is 51.3 Å². The summed E-state index contributed by atoms with van der Waals surface area (Å²) in [6.07, 6.45) is 3.93. The molecule has 2 fully saturated rings. The normalized spacial score (nSPS) is 22.2. The van der Waals surface area contributed by atoms with Crippen molar-refractivity contribution in [3.8, 4) is 0 Å². The summed E-state index contributed by atoms with van der Waals surface area (Å²) in [6.45, 7) is 9.77. The first-order chi connectivity index (χ1) is 11.3. The van der Waals surface area contributed by atoms with Gasteiger partial charge in [0.15, 0.2) is 5.96 Å². The SMILES string of the molecule is CCN(CCNC(=NC)N1CCC(COCCOC)C1)C1CC1. The molecule has 23 heavy (non-hydrogen) atoms. The molecular formula is C17H34N4O2. The Morgan fingerprint density at radius 1 is 1.30 bits per heavy atom. The molecule has 0 spiro atoms. The molecule has 6 heteroatoms. The van der Waals surface area contributed by atoms with E-state index >= 15 is 0 Å². The molecule has 0 bridgehead atoms. The van der Waals surface area contributed by atoms with Crippen molar-refractivity contribution in [2.45, 2.75) is 32.2 Å². The lowest BCUT2D eigenvalue weighted by Gasteiger charge is -2.24. The average molecular weight is 326 g/mol. The average Bonchev–Trinajstić information content (AvgIpc) is 3.30.